The van der Waals surface area contributed by atoms with E-state index in [1.54, 1.807) is 0 Å². The van der Waals surface area contributed by atoms with Crippen molar-refractivity contribution in [3.63, 3.8) is 0 Å². The summed E-state index contributed by atoms with van der Waals surface area (Å²) in [5.41, 5.74) is 6.44. The van der Waals surface area contributed by atoms with Gasteiger partial charge in [0.1, 0.15) is 31.4 Å². The summed E-state index contributed by atoms with van der Waals surface area (Å²) in [5.74, 6) is 0. The summed E-state index contributed by atoms with van der Waals surface area (Å²) < 4.78 is 2.15. The van der Waals surface area contributed by atoms with Crippen LogP contribution >= 0.6 is 0 Å². The molecule has 2 nitrogen and oxygen atoms in total. The van der Waals surface area contributed by atoms with Crippen molar-refractivity contribution in [2.75, 3.05) is 0 Å². The molecule has 0 bridgehead atoms. The first-order valence-electron chi connectivity index (χ1n) is 9.72. The van der Waals surface area contributed by atoms with E-state index in [0.29, 0.717) is 21.9 Å². The molecule has 8 radical (unpaired) electrons. The zero-order chi connectivity index (χ0) is 20.6. The van der Waals surface area contributed by atoms with Crippen LogP contribution in [0.3, 0.4) is 0 Å². The molecule has 6 rings (SSSR count). The van der Waals surface area contributed by atoms with Crippen molar-refractivity contribution in [3.8, 4) is 5.69 Å². The van der Waals surface area contributed by atoms with Crippen molar-refractivity contribution in [1.29, 1.82) is 0 Å². The van der Waals surface area contributed by atoms with Gasteiger partial charge in [-0.15, -0.1) is 10.9 Å². The van der Waals surface area contributed by atoms with E-state index in [-0.39, 0.29) is 0 Å². The smallest absolute Gasteiger partial charge is 0.115 e. The molecule has 0 atom stereocenters. The van der Waals surface area contributed by atoms with Gasteiger partial charge in [0.2, 0.25) is 0 Å². The molecule has 6 aromatic rings. The van der Waals surface area contributed by atoms with E-state index in [4.69, 9.17) is 31.4 Å². The number of nitrogens with one attached hydrogen (secondary N) is 1. The monoisotopic (exact) mass is 372 g/mol. The van der Waals surface area contributed by atoms with Crippen LogP contribution in [0.5, 0.6) is 0 Å². The van der Waals surface area contributed by atoms with E-state index in [1.165, 1.54) is 0 Å². The molecule has 0 unspecified atom stereocenters. The van der Waals surface area contributed by atoms with Crippen LogP contribution in [0, 0.1) is 0 Å². The Labute approximate surface area is 178 Å². The Morgan fingerprint density at radius 2 is 1.23 bits per heavy atom. The third kappa shape index (κ3) is 2.14. The zero-order valence-electron chi connectivity index (χ0n) is 16.1. The fourth-order valence-electron chi connectivity index (χ4n) is 4.64. The lowest BCUT2D eigenvalue weighted by atomic mass is 9.65. The molecule has 2 aromatic heterocycles. The number of nitrogens with zero attached hydrogens (tertiary/aromatic N) is 1. The van der Waals surface area contributed by atoms with Crippen molar-refractivity contribution >= 4 is 96.8 Å². The molecule has 0 aliphatic heterocycles. The maximum Gasteiger partial charge on any atom is 0.115 e. The van der Waals surface area contributed by atoms with E-state index in [1.807, 2.05) is 36.4 Å². The number of H-pyrrole nitrogens is 1. The van der Waals surface area contributed by atoms with E-state index < -0.39 is 0 Å². The largest absolute Gasteiger partial charge is 0.354 e. The molecular formula is C24H12B4N2. The van der Waals surface area contributed by atoms with Crippen LogP contribution in [0.2, 0.25) is 0 Å². The van der Waals surface area contributed by atoms with E-state index >= 15 is 0 Å². The quantitative estimate of drug-likeness (QED) is 0.424. The maximum absolute atomic E-state index is 6.53. The number of benzene rings is 4. The van der Waals surface area contributed by atoms with Crippen molar-refractivity contribution in [1.82, 2.24) is 9.55 Å². The Hall–Kier alpha value is -3.26. The molecule has 0 spiro atoms. The lowest BCUT2D eigenvalue weighted by molar-refractivity contribution is 1.21. The minimum Gasteiger partial charge on any atom is -0.354 e. The molecule has 6 heteroatoms. The second kappa shape index (κ2) is 6.12. The molecule has 0 aliphatic rings. The van der Waals surface area contributed by atoms with E-state index in [0.717, 1.165) is 49.3 Å². The average Bonchev–Trinajstić information content (AvgIpc) is 3.32. The first-order chi connectivity index (χ1) is 14.6. The SMILES string of the molecule is [B]c1c([B])c([B])c2c(c1[B])c1ccccc1n2-c1cccc2[nH]c3ccccc3c12. The van der Waals surface area contributed by atoms with Gasteiger partial charge < -0.3 is 9.55 Å². The second-order valence-corrected chi connectivity index (χ2v) is 7.60. The van der Waals surface area contributed by atoms with Gasteiger partial charge in [-0.05, 0) is 29.7 Å². The topological polar surface area (TPSA) is 20.7 Å². The Morgan fingerprint density at radius 3 is 2.07 bits per heavy atom. The highest BCUT2D eigenvalue weighted by Crippen LogP contribution is 2.35. The Bertz CT molecular complexity index is 1640. The molecule has 0 saturated carbocycles. The highest BCUT2D eigenvalue weighted by molar-refractivity contribution is 6.67. The standard InChI is InChI=1S/C24H12B4N2/c25-20-19-13-7-2-4-10-16(13)30(24(19)23(28)22(27)21(20)26)17-11-5-9-15-18(17)12-6-1-3-8-14(12)29-15/h1-11,29H. The molecule has 0 amide bonds. The van der Waals surface area contributed by atoms with Crippen LogP contribution < -0.4 is 21.9 Å². The number of para-hydroxylation sites is 2. The van der Waals surface area contributed by atoms with Crippen molar-refractivity contribution in [3.05, 3.63) is 66.7 Å². The molecule has 2 heterocycles. The van der Waals surface area contributed by atoms with Crippen LogP contribution in [0.4, 0.5) is 0 Å². The van der Waals surface area contributed by atoms with Crippen molar-refractivity contribution in [2.24, 2.45) is 0 Å². The Balaban J connectivity index is 1.91. The van der Waals surface area contributed by atoms with Gasteiger partial charge >= 0.3 is 0 Å². The highest BCUT2D eigenvalue weighted by atomic mass is 15.0. The van der Waals surface area contributed by atoms with Crippen LogP contribution in [0.1, 0.15) is 0 Å². The van der Waals surface area contributed by atoms with E-state index in [9.17, 15) is 0 Å². The fourth-order valence-corrected chi connectivity index (χ4v) is 4.64. The molecule has 0 aliphatic carbocycles. The van der Waals surface area contributed by atoms with Gasteiger partial charge in [0.15, 0.2) is 0 Å². The van der Waals surface area contributed by atoms with Gasteiger partial charge in [-0.3, -0.25) is 0 Å². The van der Waals surface area contributed by atoms with Gasteiger partial charge in [0, 0.05) is 32.7 Å². The lowest BCUT2D eigenvalue weighted by Gasteiger charge is -2.17. The third-order valence-corrected chi connectivity index (χ3v) is 6.02. The van der Waals surface area contributed by atoms with Gasteiger partial charge in [0.05, 0.1) is 11.2 Å². The van der Waals surface area contributed by atoms with Gasteiger partial charge in [-0.2, -0.15) is 0 Å². The third-order valence-electron chi connectivity index (χ3n) is 6.02. The summed E-state index contributed by atoms with van der Waals surface area (Å²) in [6, 6.07) is 22.6. The average molecular weight is 372 g/mol. The number of rotatable bonds is 1. The van der Waals surface area contributed by atoms with Crippen LogP contribution in [0.25, 0.3) is 49.3 Å². The van der Waals surface area contributed by atoms with Crippen molar-refractivity contribution < 1.29 is 0 Å². The zero-order valence-corrected chi connectivity index (χ0v) is 16.1. The second-order valence-electron chi connectivity index (χ2n) is 7.60. The summed E-state index contributed by atoms with van der Waals surface area (Å²) in [5, 5.41) is 4.07. The van der Waals surface area contributed by atoms with Gasteiger partial charge in [-0.1, -0.05) is 53.4 Å². The summed E-state index contributed by atoms with van der Waals surface area (Å²) >= 11 is 0. The minimum atomic E-state index is 0.315. The first-order valence-corrected chi connectivity index (χ1v) is 9.72. The minimum absolute atomic E-state index is 0.315. The van der Waals surface area contributed by atoms with Gasteiger partial charge in [0.25, 0.3) is 0 Å². The van der Waals surface area contributed by atoms with Crippen LogP contribution in [-0.2, 0) is 0 Å². The predicted octanol–water partition coefficient (Wildman–Crippen LogP) is 1.59. The highest BCUT2D eigenvalue weighted by Gasteiger charge is 2.20. The molecule has 0 fully saturated rings. The summed E-state index contributed by atoms with van der Waals surface area (Å²) in [6.07, 6.45) is 0. The fraction of sp³-hybridized carbons (Fsp3) is 0. The molecule has 130 valence electrons. The Morgan fingerprint density at radius 1 is 0.567 bits per heavy atom. The summed E-state index contributed by atoms with van der Waals surface area (Å²) in [7, 11) is 25.4. The molecule has 1 N–H and O–H groups in total. The van der Waals surface area contributed by atoms with Gasteiger partial charge in [-0.25, -0.2) is 0 Å². The molecular weight excluding hydrogens is 360 g/mol. The number of fused-ring (bicyclic) bond motifs is 6. The number of aromatic amines is 1. The Kier molecular flexibility index (Phi) is 3.59. The number of hydrogen-bond acceptors (Lipinski definition) is 0. The van der Waals surface area contributed by atoms with Crippen LogP contribution in [-0.4, -0.2) is 40.9 Å². The maximum atomic E-state index is 6.53. The molecule has 4 aromatic carbocycles. The molecule has 30 heavy (non-hydrogen) atoms. The molecule has 0 saturated heterocycles. The van der Waals surface area contributed by atoms with Crippen LogP contribution in [0.15, 0.2) is 66.7 Å². The summed E-state index contributed by atoms with van der Waals surface area (Å²) in [6.45, 7) is 0. The van der Waals surface area contributed by atoms with Crippen molar-refractivity contribution in [2.45, 2.75) is 0 Å². The predicted molar refractivity (Wildman–Crippen MR) is 132 cm³/mol. The normalized spacial score (nSPS) is 11.9. The van der Waals surface area contributed by atoms with E-state index in [2.05, 4.69) is 39.9 Å². The lowest BCUT2D eigenvalue weighted by Crippen LogP contribution is -2.48. The first kappa shape index (κ1) is 17.6. The number of hydrogen-bond donors (Lipinski definition) is 1. The summed E-state index contributed by atoms with van der Waals surface area (Å²) in [4.78, 5) is 3.51. The number of aromatic nitrogens is 2.